The maximum Gasteiger partial charge on any atom is 0.242 e. The van der Waals surface area contributed by atoms with Crippen molar-refractivity contribution >= 4 is 45.1 Å². The highest BCUT2D eigenvalue weighted by molar-refractivity contribution is 8.00. The van der Waals surface area contributed by atoms with Gasteiger partial charge in [0.25, 0.3) is 0 Å². The summed E-state index contributed by atoms with van der Waals surface area (Å²) >= 11 is 2.92. The number of thiophene rings is 1. The van der Waals surface area contributed by atoms with E-state index in [2.05, 4.69) is 9.97 Å². The van der Waals surface area contributed by atoms with Crippen molar-refractivity contribution in [3.8, 4) is 0 Å². The molecule has 0 spiro atoms. The number of fused-ring (bicyclic) bond motifs is 1. The van der Waals surface area contributed by atoms with Crippen LogP contribution >= 0.6 is 23.1 Å². The zero-order valence-electron chi connectivity index (χ0n) is 13.3. The van der Waals surface area contributed by atoms with E-state index in [0.717, 1.165) is 15.2 Å². The lowest BCUT2D eigenvalue weighted by Crippen LogP contribution is -2.46. The smallest absolute Gasteiger partial charge is 0.242 e. The van der Waals surface area contributed by atoms with E-state index in [9.17, 15) is 9.59 Å². The third-order valence-electron chi connectivity index (χ3n) is 3.72. The van der Waals surface area contributed by atoms with Crippen LogP contribution in [0.4, 0.5) is 0 Å². The second kappa shape index (κ2) is 7.91. The van der Waals surface area contributed by atoms with Gasteiger partial charge in [-0.3, -0.25) is 9.59 Å². The number of hydrogen-bond donors (Lipinski definition) is 0. The summed E-state index contributed by atoms with van der Waals surface area (Å²) < 4.78 is 5.23. The predicted octanol–water partition coefficient (Wildman–Crippen LogP) is 1.10. The monoisotopic (exact) mass is 366 g/mol. The highest BCUT2D eigenvalue weighted by atomic mass is 32.2. The van der Waals surface area contributed by atoms with Gasteiger partial charge >= 0.3 is 0 Å². The number of morpholine rings is 1. The van der Waals surface area contributed by atoms with Crippen molar-refractivity contribution in [1.29, 1.82) is 0 Å². The normalized spacial score (nSPS) is 14.8. The molecule has 0 radical (unpaired) electrons. The SMILES string of the molecule is CN(CC(=O)N1CCOCC1)C(=O)CSc1ncnc2sccc12. The second-order valence-electron chi connectivity index (χ2n) is 5.35. The summed E-state index contributed by atoms with van der Waals surface area (Å²) in [5, 5.41) is 3.72. The van der Waals surface area contributed by atoms with Gasteiger partial charge in [-0.15, -0.1) is 11.3 Å². The maximum absolute atomic E-state index is 12.3. The van der Waals surface area contributed by atoms with Crippen LogP contribution in [0.5, 0.6) is 0 Å². The van der Waals surface area contributed by atoms with E-state index in [1.807, 2.05) is 11.4 Å². The van der Waals surface area contributed by atoms with E-state index in [-0.39, 0.29) is 24.1 Å². The summed E-state index contributed by atoms with van der Waals surface area (Å²) in [4.78, 5) is 37.0. The highest BCUT2D eigenvalue weighted by Crippen LogP contribution is 2.27. The molecule has 24 heavy (non-hydrogen) atoms. The van der Waals surface area contributed by atoms with Crippen molar-refractivity contribution in [3.05, 3.63) is 17.8 Å². The number of aromatic nitrogens is 2. The first kappa shape index (κ1) is 17.1. The molecule has 2 aromatic rings. The first-order valence-electron chi connectivity index (χ1n) is 7.55. The van der Waals surface area contributed by atoms with Crippen LogP contribution in [0.25, 0.3) is 10.2 Å². The maximum atomic E-state index is 12.3. The molecule has 0 atom stereocenters. The van der Waals surface area contributed by atoms with Gasteiger partial charge in [0.1, 0.15) is 16.2 Å². The van der Waals surface area contributed by atoms with Crippen molar-refractivity contribution in [2.75, 3.05) is 45.6 Å². The number of carbonyl (C=O) groups excluding carboxylic acids is 2. The number of amides is 2. The number of rotatable bonds is 5. The van der Waals surface area contributed by atoms with Gasteiger partial charge in [0, 0.05) is 25.5 Å². The average Bonchev–Trinajstić information content (AvgIpc) is 3.09. The fourth-order valence-electron chi connectivity index (χ4n) is 2.33. The first-order chi connectivity index (χ1) is 11.6. The molecule has 2 aromatic heterocycles. The van der Waals surface area contributed by atoms with Crippen molar-refractivity contribution in [2.24, 2.45) is 0 Å². The molecule has 1 fully saturated rings. The number of likely N-dealkylation sites (N-methyl/N-ethyl adjacent to an activating group) is 1. The summed E-state index contributed by atoms with van der Waals surface area (Å²) in [6, 6.07) is 1.96. The van der Waals surface area contributed by atoms with Crippen LogP contribution in [-0.4, -0.2) is 77.2 Å². The fraction of sp³-hybridized carbons (Fsp3) is 0.467. The quantitative estimate of drug-likeness (QED) is 0.583. The van der Waals surface area contributed by atoms with Crippen LogP contribution in [0.3, 0.4) is 0 Å². The molecule has 2 amide bonds. The number of hydrogen-bond acceptors (Lipinski definition) is 7. The minimum atomic E-state index is -0.0939. The predicted molar refractivity (Wildman–Crippen MR) is 93.2 cm³/mol. The van der Waals surface area contributed by atoms with Gasteiger partial charge in [-0.1, -0.05) is 11.8 Å². The van der Waals surface area contributed by atoms with E-state index in [1.165, 1.54) is 23.0 Å². The molecule has 0 aliphatic carbocycles. The van der Waals surface area contributed by atoms with Gasteiger partial charge in [0.05, 0.1) is 25.5 Å². The molecule has 3 heterocycles. The minimum Gasteiger partial charge on any atom is -0.378 e. The van der Waals surface area contributed by atoms with Crippen LogP contribution < -0.4 is 0 Å². The standard InChI is InChI=1S/C15H18N4O3S2/c1-18(8-12(20)19-3-5-22-6-4-19)13(21)9-24-15-11-2-7-23-14(11)16-10-17-15/h2,7,10H,3-6,8-9H2,1H3. The molecule has 0 N–H and O–H groups in total. The molecule has 0 saturated carbocycles. The van der Waals surface area contributed by atoms with E-state index in [4.69, 9.17) is 4.74 Å². The zero-order valence-corrected chi connectivity index (χ0v) is 14.9. The van der Waals surface area contributed by atoms with Crippen LogP contribution in [0.1, 0.15) is 0 Å². The Morgan fingerprint density at radius 3 is 2.96 bits per heavy atom. The van der Waals surface area contributed by atoms with E-state index in [1.54, 1.807) is 23.3 Å². The van der Waals surface area contributed by atoms with E-state index in [0.29, 0.717) is 26.3 Å². The molecule has 9 heteroatoms. The van der Waals surface area contributed by atoms with Gasteiger partial charge < -0.3 is 14.5 Å². The van der Waals surface area contributed by atoms with Crippen molar-refractivity contribution in [3.63, 3.8) is 0 Å². The Hall–Kier alpha value is -1.71. The lowest BCUT2D eigenvalue weighted by atomic mass is 10.4. The summed E-state index contributed by atoms with van der Waals surface area (Å²) in [5.41, 5.74) is 0. The van der Waals surface area contributed by atoms with Gasteiger partial charge in [-0.2, -0.15) is 0 Å². The Labute approximate surface area is 148 Å². The highest BCUT2D eigenvalue weighted by Gasteiger charge is 2.20. The molecule has 0 aromatic carbocycles. The lowest BCUT2D eigenvalue weighted by molar-refractivity contribution is -0.140. The molecule has 1 aliphatic heterocycles. The Kier molecular flexibility index (Phi) is 5.64. The molecular formula is C15H18N4O3S2. The van der Waals surface area contributed by atoms with E-state index < -0.39 is 0 Å². The molecule has 0 unspecified atom stereocenters. The number of ether oxygens (including phenoxy) is 1. The van der Waals surface area contributed by atoms with Crippen LogP contribution in [-0.2, 0) is 14.3 Å². The zero-order chi connectivity index (χ0) is 16.9. The van der Waals surface area contributed by atoms with Crippen LogP contribution in [0.15, 0.2) is 22.8 Å². The second-order valence-corrected chi connectivity index (χ2v) is 7.21. The average molecular weight is 366 g/mol. The topological polar surface area (TPSA) is 75.6 Å². The molecule has 1 saturated heterocycles. The molecule has 3 rings (SSSR count). The lowest BCUT2D eigenvalue weighted by Gasteiger charge is -2.28. The van der Waals surface area contributed by atoms with Crippen molar-refractivity contribution < 1.29 is 14.3 Å². The Morgan fingerprint density at radius 2 is 2.17 bits per heavy atom. The molecule has 7 nitrogen and oxygen atoms in total. The third kappa shape index (κ3) is 4.03. The Balaban J connectivity index is 1.52. The summed E-state index contributed by atoms with van der Waals surface area (Å²) in [6.07, 6.45) is 1.51. The Morgan fingerprint density at radius 1 is 1.38 bits per heavy atom. The van der Waals surface area contributed by atoms with Crippen molar-refractivity contribution in [1.82, 2.24) is 19.8 Å². The largest absolute Gasteiger partial charge is 0.378 e. The third-order valence-corrected chi connectivity index (χ3v) is 5.53. The minimum absolute atomic E-state index is 0.0404. The summed E-state index contributed by atoms with van der Waals surface area (Å²) in [7, 11) is 1.65. The van der Waals surface area contributed by atoms with Gasteiger partial charge in [-0.25, -0.2) is 9.97 Å². The number of nitrogens with zero attached hydrogens (tertiary/aromatic N) is 4. The number of carbonyl (C=O) groups is 2. The van der Waals surface area contributed by atoms with Gasteiger partial charge in [0.15, 0.2) is 0 Å². The summed E-state index contributed by atoms with van der Waals surface area (Å²) in [6.45, 7) is 2.39. The van der Waals surface area contributed by atoms with Crippen LogP contribution in [0, 0.1) is 0 Å². The van der Waals surface area contributed by atoms with Gasteiger partial charge in [0.2, 0.25) is 11.8 Å². The number of thioether (sulfide) groups is 1. The fourth-order valence-corrected chi connectivity index (χ4v) is 4.05. The molecular weight excluding hydrogens is 348 g/mol. The molecule has 1 aliphatic rings. The molecule has 128 valence electrons. The van der Waals surface area contributed by atoms with E-state index >= 15 is 0 Å². The molecule has 0 bridgehead atoms. The van der Waals surface area contributed by atoms with Crippen LogP contribution in [0.2, 0.25) is 0 Å². The Bertz CT molecular complexity index is 730. The van der Waals surface area contributed by atoms with Gasteiger partial charge in [-0.05, 0) is 11.4 Å². The summed E-state index contributed by atoms with van der Waals surface area (Å²) in [5.74, 6) is 0.111. The first-order valence-corrected chi connectivity index (χ1v) is 9.42. The van der Waals surface area contributed by atoms with Crippen molar-refractivity contribution in [2.45, 2.75) is 5.03 Å².